The molecule has 7 nitrogen and oxygen atoms in total. The molecule has 1 aromatic rings. The lowest BCUT2D eigenvalue weighted by Crippen LogP contribution is -2.37. The molecule has 0 fully saturated rings. The van der Waals surface area contributed by atoms with E-state index in [1.807, 2.05) is 19.0 Å². The number of nitrogen functional groups attached to an aromatic ring is 1. The molecule has 0 heterocycles. The van der Waals surface area contributed by atoms with Gasteiger partial charge in [-0.2, -0.15) is 0 Å². The molecule has 19 heavy (non-hydrogen) atoms. The lowest BCUT2D eigenvalue weighted by atomic mass is 10.1. The normalized spacial score (nSPS) is 9.79. The Bertz CT molecular complexity index is 473. The summed E-state index contributed by atoms with van der Waals surface area (Å²) in [5, 5.41) is 5.08. The summed E-state index contributed by atoms with van der Waals surface area (Å²) in [4.78, 5) is 24.3. The van der Waals surface area contributed by atoms with E-state index < -0.39 is 6.03 Å². The Hall–Kier alpha value is -2.44. The molecule has 3 amide bonds. The zero-order valence-corrected chi connectivity index (χ0v) is 11.1. The Morgan fingerprint density at radius 1 is 1.21 bits per heavy atom. The van der Waals surface area contributed by atoms with Crippen molar-refractivity contribution in [2.45, 2.75) is 0 Å². The predicted octanol–water partition coefficient (Wildman–Crippen LogP) is -0.267. The van der Waals surface area contributed by atoms with E-state index in [0.717, 1.165) is 5.69 Å². The third-order valence-electron chi connectivity index (χ3n) is 2.46. The zero-order chi connectivity index (χ0) is 14.4. The molecule has 1 rings (SSSR count). The summed E-state index contributed by atoms with van der Waals surface area (Å²) in [6, 6.07) is 4.52. The third-order valence-corrected chi connectivity index (χ3v) is 2.46. The number of rotatable bonds is 5. The first kappa shape index (κ1) is 14.6. The second-order valence-corrected chi connectivity index (χ2v) is 4.22. The van der Waals surface area contributed by atoms with Crippen LogP contribution in [0, 0.1) is 0 Å². The molecule has 0 unspecified atom stereocenters. The van der Waals surface area contributed by atoms with Gasteiger partial charge >= 0.3 is 6.03 Å². The number of carbonyl (C=O) groups is 2. The van der Waals surface area contributed by atoms with Crippen LogP contribution in [0.2, 0.25) is 0 Å². The number of carbonyl (C=O) groups excluding carboxylic acids is 2. The molecule has 7 heteroatoms. The van der Waals surface area contributed by atoms with Gasteiger partial charge in [-0.15, -0.1) is 0 Å². The lowest BCUT2D eigenvalue weighted by molar-refractivity contribution is 0.0954. The van der Waals surface area contributed by atoms with Gasteiger partial charge in [-0.3, -0.25) is 4.79 Å². The Balaban J connectivity index is 2.70. The highest BCUT2D eigenvalue weighted by molar-refractivity contribution is 6.00. The Labute approximate surface area is 111 Å². The van der Waals surface area contributed by atoms with Crippen molar-refractivity contribution in [2.24, 2.45) is 5.73 Å². The molecule has 0 spiro atoms. The van der Waals surface area contributed by atoms with Gasteiger partial charge in [0.1, 0.15) is 0 Å². The maximum Gasteiger partial charge on any atom is 0.312 e. The molecule has 6 N–H and O–H groups in total. The van der Waals surface area contributed by atoms with Crippen LogP contribution in [0.4, 0.5) is 16.2 Å². The van der Waals surface area contributed by atoms with Crippen LogP contribution in [0.1, 0.15) is 10.4 Å². The topological polar surface area (TPSA) is 113 Å². The predicted molar refractivity (Wildman–Crippen MR) is 75.1 cm³/mol. The molecule has 0 bridgehead atoms. The highest BCUT2D eigenvalue weighted by Gasteiger charge is 2.12. The van der Waals surface area contributed by atoms with Crippen molar-refractivity contribution in [2.75, 3.05) is 37.8 Å². The van der Waals surface area contributed by atoms with Gasteiger partial charge < -0.3 is 27.0 Å². The Morgan fingerprint density at radius 2 is 1.84 bits per heavy atom. The average Bonchev–Trinajstić information content (AvgIpc) is 2.33. The summed E-state index contributed by atoms with van der Waals surface area (Å²) in [7, 11) is 3.69. The SMILES string of the molecule is CN(C)c1ccc(N)cc1C(=O)NCCNC(N)=O. The van der Waals surface area contributed by atoms with E-state index >= 15 is 0 Å². The first-order valence-corrected chi connectivity index (χ1v) is 5.80. The van der Waals surface area contributed by atoms with Crippen LogP contribution in [0.3, 0.4) is 0 Å². The third kappa shape index (κ3) is 4.38. The highest BCUT2D eigenvalue weighted by Crippen LogP contribution is 2.21. The zero-order valence-electron chi connectivity index (χ0n) is 11.1. The van der Waals surface area contributed by atoms with Crippen LogP contribution in [-0.2, 0) is 0 Å². The molecule has 0 saturated heterocycles. The van der Waals surface area contributed by atoms with E-state index in [1.165, 1.54) is 0 Å². The maximum absolute atomic E-state index is 12.0. The van der Waals surface area contributed by atoms with Crippen LogP contribution in [0.5, 0.6) is 0 Å². The molecular formula is C12H19N5O2. The summed E-state index contributed by atoms with van der Waals surface area (Å²) in [5.41, 5.74) is 12.4. The lowest BCUT2D eigenvalue weighted by Gasteiger charge is -2.17. The van der Waals surface area contributed by atoms with E-state index in [0.29, 0.717) is 17.8 Å². The summed E-state index contributed by atoms with van der Waals surface area (Å²) in [5.74, 6) is -0.248. The largest absolute Gasteiger partial charge is 0.399 e. The van der Waals surface area contributed by atoms with Crippen molar-refractivity contribution < 1.29 is 9.59 Å². The molecule has 0 atom stereocenters. The fourth-order valence-electron chi connectivity index (χ4n) is 1.58. The van der Waals surface area contributed by atoms with Crippen molar-refractivity contribution in [3.63, 3.8) is 0 Å². The second-order valence-electron chi connectivity index (χ2n) is 4.22. The van der Waals surface area contributed by atoms with Crippen molar-refractivity contribution >= 4 is 23.3 Å². The average molecular weight is 265 g/mol. The summed E-state index contributed by atoms with van der Waals surface area (Å²) < 4.78 is 0. The molecule has 0 aliphatic rings. The number of hydrogen-bond acceptors (Lipinski definition) is 4. The Morgan fingerprint density at radius 3 is 2.42 bits per heavy atom. The van der Waals surface area contributed by atoms with Gasteiger partial charge in [0.15, 0.2) is 0 Å². The van der Waals surface area contributed by atoms with Gasteiger partial charge in [-0.05, 0) is 18.2 Å². The van der Waals surface area contributed by atoms with Gasteiger partial charge in [-0.25, -0.2) is 4.79 Å². The molecule has 0 aliphatic carbocycles. The summed E-state index contributed by atoms with van der Waals surface area (Å²) >= 11 is 0. The molecule has 0 aromatic heterocycles. The van der Waals surface area contributed by atoms with Gasteiger partial charge in [0.25, 0.3) is 5.91 Å². The minimum atomic E-state index is -0.618. The minimum absolute atomic E-state index is 0.248. The van der Waals surface area contributed by atoms with Crippen LogP contribution in [0.25, 0.3) is 0 Å². The fraction of sp³-hybridized carbons (Fsp3) is 0.333. The number of hydrogen-bond donors (Lipinski definition) is 4. The molecule has 1 aromatic carbocycles. The number of nitrogens with zero attached hydrogens (tertiary/aromatic N) is 1. The van der Waals surface area contributed by atoms with Crippen molar-refractivity contribution in [3.8, 4) is 0 Å². The van der Waals surface area contributed by atoms with E-state index in [-0.39, 0.29) is 12.5 Å². The smallest absolute Gasteiger partial charge is 0.312 e. The number of primary amides is 1. The highest BCUT2D eigenvalue weighted by atomic mass is 16.2. The number of nitrogens with two attached hydrogens (primary N) is 2. The Kier molecular flexibility index (Phi) is 4.99. The maximum atomic E-state index is 12.0. The summed E-state index contributed by atoms with van der Waals surface area (Å²) in [6.07, 6.45) is 0. The quantitative estimate of drug-likeness (QED) is 0.433. The molecule has 104 valence electrons. The molecule has 0 saturated carbocycles. The van der Waals surface area contributed by atoms with Gasteiger partial charge in [-0.1, -0.05) is 0 Å². The first-order valence-electron chi connectivity index (χ1n) is 5.80. The molecule has 0 radical (unpaired) electrons. The number of urea groups is 1. The van der Waals surface area contributed by atoms with Crippen molar-refractivity contribution in [1.29, 1.82) is 0 Å². The van der Waals surface area contributed by atoms with Crippen LogP contribution >= 0.6 is 0 Å². The monoisotopic (exact) mass is 265 g/mol. The van der Waals surface area contributed by atoms with Gasteiger partial charge in [0.05, 0.1) is 5.56 Å². The van der Waals surface area contributed by atoms with Gasteiger partial charge in [0, 0.05) is 38.6 Å². The molecule has 0 aliphatic heterocycles. The number of anilines is 2. The number of benzene rings is 1. The van der Waals surface area contributed by atoms with E-state index in [4.69, 9.17) is 11.5 Å². The van der Waals surface area contributed by atoms with Gasteiger partial charge in [0.2, 0.25) is 0 Å². The van der Waals surface area contributed by atoms with Crippen molar-refractivity contribution in [1.82, 2.24) is 10.6 Å². The molecular weight excluding hydrogens is 246 g/mol. The fourth-order valence-corrected chi connectivity index (χ4v) is 1.58. The van der Waals surface area contributed by atoms with Crippen LogP contribution < -0.4 is 27.0 Å². The van der Waals surface area contributed by atoms with Crippen LogP contribution in [-0.4, -0.2) is 39.1 Å². The van der Waals surface area contributed by atoms with E-state index in [1.54, 1.807) is 18.2 Å². The van der Waals surface area contributed by atoms with Crippen molar-refractivity contribution in [3.05, 3.63) is 23.8 Å². The first-order chi connectivity index (χ1) is 8.91. The number of nitrogens with one attached hydrogen (secondary N) is 2. The standard InChI is InChI=1S/C12H19N5O2/c1-17(2)10-4-3-8(13)7-9(10)11(18)15-5-6-16-12(14)19/h3-4,7H,5-6,13H2,1-2H3,(H,15,18)(H3,14,16,19). The van der Waals surface area contributed by atoms with E-state index in [9.17, 15) is 9.59 Å². The summed E-state index contributed by atoms with van der Waals surface area (Å²) in [6.45, 7) is 0.574. The minimum Gasteiger partial charge on any atom is -0.399 e. The van der Waals surface area contributed by atoms with E-state index in [2.05, 4.69) is 10.6 Å². The van der Waals surface area contributed by atoms with Crippen LogP contribution in [0.15, 0.2) is 18.2 Å². The number of amides is 3. The second kappa shape index (κ2) is 6.48.